The van der Waals surface area contributed by atoms with Crippen molar-refractivity contribution in [1.82, 2.24) is 15.5 Å². The molecule has 1 heterocycles. The largest absolute Gasteiger partial charge is 0.352 e. The number of carbonyl (C=O) groups is 2. The maximum atomic E-state index is 13.1. The third kappa shape index (κ3) is 7.00. The quantitative estimate of drug-likeness (QED) is 0.513. The highest BCUT2D eigenvalue weighted by molar-refractivity contribution is 7.80. The number of nitrogens with one attached hydrogen (secondary N) is 3. The summed E-state index contributed by atoms with van der Waals surface area (Å²) in [5.41, 5.74) is 2.33. The van der Waals surface area contributed by atoms with Crippen LogP contribution in [0.3, 0.4) is 0 Å². The van der Waals surface area contributed by atoms with Gasteiger partial charge in [0.05, 0.1) is 0 Å². The van der Waals surface area contributed by atoms with Crippen molar-refractivity contribution in [2.24, 2.45) is 5.92 Å². The van der Waals surface area contributed by atoms with Crippen LogP contribution in [0.4, 0.5) is 10.1 Å². The summed E-state index contributed by atoms with van der Waals surface area (Å²) in [7, 11) is 0. The molecule has 0 aromatic heterocycles. The molecule has 6 nitrogen and oxygen atoms in total. The lowest BCUT2D eigenvalue weighted by Gasteiger charge is -2.37. The number of amides is 2. The molecule has 2 atom stereocenters. The van der Waals surface area contributed by atoms with E-state index in [9.17, 15) is 14.0 Å². The molecule has 0 saturated carbocycles. The van der Waals surface area contributed by atoms with Crippen LogP contribution in [0, 0.1) is 18.7 Å². The van der Waals surface area contributed by atoms with Gasteiger partial charge >= 0.3 is 0 Å². The van der Waals surface area contributed by atoms with E-state index < -0.39 is 6.04 Å². The average Bonchev–Trinajstić information content (AvgIpc) is 2.84. The zero-order valence-corrected chi connectivity index (χ0v) is 20.8. The van der Waals surface area contributed by atoms with Crippen LogP contribution in [0.1, 0.15) is 49.0 Å². The summed E-state index contributed by atoms with van der Waals surface area (Å²) in [6.45, 7) is 7.25. The number of carbonyl (C=O) groups excluding carboxylic acids is 2. The average molecular weight is 485 g/mol. The van der Waals surface area contributed by atoms with Crippen molar-refractivity contribution in [1.29, 1.82) is 0 Å². The molecule has 0 bridgehead atoms. The Hall–Kier alpha value is -3.00. The molecular weight excluding hydrogens is 451 g/mol. The fourth-order valence-electron chi connectivity index (χ4n) is 3.93. The van der Waals surface area contributed by atoms with Gasteiger partial charge in [-0.1, -0.05) is 24.6 Å². The van der Waals surface area contributed by atoms with E-state index in [1.165, 1.54) is 12.1 Å². The minimum absolute atomic E-state index is 0.0108. The molecule has 2 aromatic rings. The van der Waals surface area contributed by atoms with Gasteiger partial charge in [-0.2, -0.15) is 0 Å². The lowest BCUT2D eigenvalue weighted by molar-refractivity contribution is -0.125. The molecular formula is C26H33FN4O2S. The molecule has 8 heteroatoms. The maximum absolute atomic E-state index is 13.1. The Balaban J connectivity index is 1.64. The first-order chi connectivity index (χ1) is 16.3. The van der Waals surface area contributed by atoms with Crippen LogP contribution in [-0.4, -0.2) is 47.0 Å². The Morgan fingerprint density at radius 2 is 1.68 bits per heavy atom. The topological polar surface area (TPSA) is 73.5 Å². The van der Waals surface area contributed by atoms with Crippen molar-refractivity contribution >= 4 is 34.8 Å². The summed E-state index contributed by atoms with van der Waals surface area (Å²) < 4.78 is 13.1. The Morgan fingerprint density at radius 1 is 1.06 bits per heavy atom. The summed E-state index contributed by atoms with van der Waals surface area (Å²) in [6, 6.07) is 12.8. The second-order valence-corrected chi connectivity index (χ2v) is 9.28. The van der Waals surface area contributed by atoms with Crippen molar-refractivity contribution < 1.29 is 14.0 Å². The molecule has 1 fully saturated rings. The molecule has 0 unspecified atom stereocenters. The standard InChI is InChI=1S/C26H33FN4O2S/c1-4-18(3)28-25(33)23(30-24(32)20-7-5-17(2)6-8-20)19-13-15-31(16-14-19)26(34)29-22-11-9-21(27)10-12-22/h5-12,18-19,23H,4,13-16H2,1-3H3,(H,28,33)(H,29,34)(H,30,32)/t18-,23+/m1/s1. The number of rotatable bonds is 7. The van der Waals surface area contributed by atoms with Crippen LogP contribution >= 0.6 is 12.2 Å². The van der Waals surface area contributed by atoms with Crippen molar-refractivity contribution in [3.05, 3.63) is 65.5 Å². The lowest BCUT2D eigenvalue weighted by atomic mass is 9.88. The second-order valence-electron chi connectivity index (χ2n) is 8.90. The number of piperidine rings is 1. The van der Waals surface area contributed by atoms with E-state index >= 15 is 0 Å². The van der Waals surface area contributed by atoms with Crippen LogP contribution in [-0.2, 0) is 4.79 Å². The van der Waals surface area contributed by atoms with Gasteiger partial charge in [0, 0.05) is 30.4 Å². The zero-order valence-electron chi connectivity index (χ0n) is 19.9. The Labute approximate surface area is 206 Å². The number of halogens is 1. The number of likely N-dealkylation sites (tertiary alicyclic amines) is 1. The van der Waals surface area contributed by atoms with Crippen LogP contribution in [0.2, 0.25) is 0 Å². The highest BCUT2D eigenvalue weighted by Gasteiger charge is 2.34. The number of thiocarbonyl (C=S) groups is 1. The monoisotopic (exact) mass is 484 g/mol. The Morgan fingerprint density at radius 3 is 2.26 bits per heavy atom. The van der Waals surface area contributed by atoms with Gasteiger partial charge in [0.2, 0.25) is 5.91 Å². The first kappa shape index (κ1) is 25.6. The fourth-order valence-corrected chi connectivity index (χ4v) is 4.23. The van der Waals surface area contributed by atoms with Crippen molar-refractivity contribution in [2.75, 3.05) is 18.4 Å². The predicted molar refractivity (Wildman–Crippen MR) is 137 cm³/mol. The molecule has 3 N–H and O–H groups in total. The maximum Gasteiger partial charge on any atom is 0.251 e. The molecule has 3 rings (SSSR count). The van der Waals surface area contributed by atoms with E-state index in [1.807, 2.05) is 37.8 Å². The highest BCUT2D eigenvalue weighted by Crippen LogP contribution is 2.23. The van der Waals surface area contributed by atoms with Crippen LogP contribution < -0.4 is 16.0 Å². The summed E-state index contributed by atoms with van der Waals surface area (Å²) in [6.07, 6.45) is 2.22. The minimum Gasteiger partial charge on any atom is -0.352 e. The predicted octanol–water partition coefficient (Wildman–Crippen LogP) is 4.26. The van der Waals surface area contributed by atoms with Gasteiger partial charge in [-0.25, -0.2) is 4.39 Å². The third-order valence-electron chi connectivity index (χ3n) is 6.28. The molecule has 182 valence electrons. The number of aryl methyl sites for hydroxylation is 1. The van der Waals surface area contributed by atoms with Gasteiger partial charge in [0.1, 0.15) is 11.9 Å². The van der Waals surface area contributed by atoms with E-state index in [1.54, 1.807) is 24.3 Å². The van der Waals surface area contributed by atoms with Gasteiger partial charge in [0.25, 0.3) is 5.91 Å². The SMILES string of the molecule is CC[C@@H](C)NC(=O)[C@@H](NC(=O)c1ccc(C)cc1)C1CCN(C(=S)Nc2ccc(F)cc2)CC1. The Kier molecular flexibility index (Phi) is 8.98. The molecule has 2 aromatic carbocycles. The molecule has 1 aliphatic heterocycles. The van der Waals surface area contributed by atoms with E-state index in [2.05, 4.69) is 16.0 Å². The van der Waals surface area contributed by atoms with Crippen molar-refractivity contribution in [3.8, 4) is 0 Å². The summed E-state index contributed by atoms with van der Waals surface area (Å²) in [4.78, 5) is 28.1. The normalized spacial score (nSPS) is 15.8. The van der Waals surface area contributed by atoms with Crippen LogP contribution in [0.15, 0.2) is 48.5 Å². The number of hydrogen-bond donors (Lipinski definition) is 3. The fraction of sp³-hybridized carbons (Fsp3) is 0.423. The first-order valence-corrected chi connectivity index (χ1v) is 12.2. The number of anilines is 1. The van der Waals surface area contributed by atoms with Gasteiger partial charge in [-0.15, -0.1) is 0 Å². The van der Waals surface area contributed by atoms with Gasteiger partial charge in [-0.05, 0) is 87.6 Å². The van der Waals surface area contributed by atoms with Gasteiger partial charge in [-0.3, -0.25) is 9.59 Å². The van der Waals surface area contributed by atoms with E-state index in [0.29, 0.717) is 36.6 Å². The molecule has 0 radical (unpaired) electrons. The van der Waals surface area contributed by atoms with Gasteiger partial charge in [0.15, 0.2) is 5.11 Å². The minimum atomic E-state index is -0.622. The molecule has 1 saturated heterocycles. The molecule has 34 heavy (non-hydrogen) atoms. The van der Waals surface area contributed by atoms with Crippen molar-refractivity contribution in [2.45, 2.75) is 52.1 Å². The second kappa shape index (κ2) is 11.9. The van der Waals surface area contributed by atoms with E-state index in [-0.39, 0.29) is 29.6 Å². The Bertz CT molecular complexity index is 989. The molecule has 1 aliphatic rings. The zero-order chi connectivity index (χ0) is 24.7. The summed E-state index contributed by atoms with van der Waals surface area (Å²) in [5.74, 6) is -0.712. The van der Waals surface area contributed by atoms with Crippen molar-refractivity contribution in [3.63, 3.8) is 0 Å². The summed E-state index contributed by atoms with van der Waals surface area (Å²) >= 11 is 5.53. The number of hydrogen-bond acceptors (Lipinski definition) is 3. The molecule has 2 amide bonds. The number of benzene rings is 2. The lowest BCUT2D eigenvalue weighted by Crippen LogP contribution is -2.55. The van der Waals surface area contributed by atoms with Gasteiger partial charge < -0.3 is 20.9 Å². The smallest absolute Gasteiger partial charge is 0.251 e. The highest BCUT2D eigenvalue weighted by atomic mass is 32.1. The molecule has 0 spiro atoms. The van der Waals surface area contributed by atoms with E-state index in [0.717, 1.165) is 17.7 Å². The van der Waals surface area contributed by atoms with Crippen LogP contribution in [0.25, 0.3) is 0 Å². The first-order valence-electron chi connectivity index (χ1n) is 11.8. The molecule has 0 aliphatic carbocycles. The van der Waals surface area contributed by atoms with Crippen LogP contribution in [0.5, 0.6) is 0 Å². The number of nitrogens with zero attached hydrogens (tertiary/aromatic N) is 1. The van der Waals surface area contributed by atoms with E-state index in [4.69, 9.17) is 12.2 Å². The summed E-state index contributed by atoms with van der Waals surface area (Å²) in [5, 5.41) is 9.72. The third-order valence-corrected chi connectivity index (χ3v) is 6.64.